The van der Waals surface area contributed by atoms with Gasteiger partial charge in [0.25, 0.3) is 0 Å². The minimum Gasteiger partial charge on any atom is -0.489 e. The Morgan fingerprint density at radius 3 is 2.25 bits per heavy atom. The standard InChI is InChI=1S/C14H15NO/c1-15-13-7-9-14(10-8-13)16-11-12-5-3-2-4-6-12/h2-10,15H,11H2,1H3. The molecular formula is C14H15NO. The van der Waals surface area contributed by atoms with Crippen LogP contribution in [0.15, 0.2) is 54.6 Å². The molecule has 1 N–H and O–H groups in total. The highest BCUT2D eigenvalue weighted by atomic mass is 16.5. The molecule has 2 heteroatoms. The molecule has 0 aliphatic carbocycles. The number of hydrogen-bond donors (Lipinski definition) is 1. The Kier molecular flexibility index (Phi) is 3.44. The molecule has 16 heavy (non-hydrogen) atoms. The zero-order valence-electron chi connectivity index (χ0n) is 9.31. The minimum absolute atomic E-state index is 0.611. The monoisotopic (exact) mass is 213 g/mol. The van der Waals surface area contributed by atoms with Gasteiger partial charge in [-0.15, -0.1) is 0 Å². The summed E-state index contributed by atoms with van der Waals surface area (Å²) in [6.45, 7) is 0.611. The molecule has 0 atom stereocenters. The van der Waals surface area contributed by atoms with Gasteiger partial charge in [-0.3, -0.25) is 0 Å². The van der Waals surface area contributed by atoms with Crippen molar-refractivity contribution in [3.8, 4) is 5.75 Å². The lowest BCUT2D eigenvalue weighted by atomic mass is 10.2. The van der Waals surface area contributed by atoms with Crippen molar-refractivity contribution in [2.75, 3.05) is 12.4 Å². The second-order valence-corrected chi connectivity index (χ2v) is 3.55. The van der Waals surface area contributed by atoms with Gasteiger partial charge >= 0.3 is 0 Å². The van der Waals surface area contributed by atoms with Crippen molar-refractivity contribution in [3.05, 3.63) is 60.2 Å². The maximum Gasteiger partial charge on any atom is 0.119 e. The summed E-state index contributed by atoms with van der Waals surface area (Å²) in [5.74, 6) is 0.892. The SMILES string of the molecule is CNc1ccc(OCc2ccccc2)cc1. The molecule has 0 aliphatic rings. The van der Waals surface area contributed by atoms with Crippen LogP contribution >= 0.6 is 0 Å². The summed E-state index contributed by atoms with van der Waals surface area (Å²) in [7, 11) is 1.90. The Bertz CT molecular complexity index is 422. The molecule has 0 amide bonds. The van der Waals surface area contributed by atoms with Gasteiger partial charge in [-0.25, -0.2) is 0 Å². The predicted octanol–water partition coefficient (Wildman–Crippen LogP) is 3.31. The van der Waals surface area contributed by atoms with Crippen molar-refractivity contribution >= 4 is 5.69 Å². The second-order valence-electron chi connectivity index (χ2n) is 3.55. The molecule has 0 unspecified atom stereocenters. The summed E-state index contributed by atoms with van der Waals surface area (Å²) >= 11 is 0. The molecule has 0 radical (unpaired) electrons. The fourth-order valence-electron chi connectivity index (χ4n) is 1.46. The van der Waals surface area contributed by atoms with Gasteiger partial charge in [0.15, 0.2) is 0 Å². The lowest BCUT2D eigenvalue weighted by Gasteiger charge is -2.07. The quantitative estimate of drug-likeness (QED) is 0.841. The average Bonchev–Trinajstić information content (AvgIpc) is 2.38. The van der Waals surface area contributed by atoms with E-state index in [4.69, 9.17) is 4.74 Å². The first-order valence-electron chi connectivity index (χ1n) is 5.33. The van der Waals surface area contributed by atoms with Crippen LogP contribution in [0.4, 0.5) is 5.69 Å². The van der Waals surface area contributed by atoms with Crippen LogP contribution in [0, 0.1) is 0 Å². The van der Waals surface area contributed by atoms with Crippen LogP contribution in [0.3, 0.4) is 0 Å². The molecule has 0 bridgehead atoms. The highest BCUT2D eigenvalue weighted by Crippen LogP contribution is 2.16. The first-order valence-corrected chi connectivity index (χ1v) is 5.33. The molecular weight excluding hydrogens is 198 g/mol. The average molecular weight is 213 g/mol. The van der Waals surface area contributed by atoms with E-state index in [0.29, 0.717) is 6.61 Å². The van der Waals surface area contributed by atoms with Crippen LogP contribution < -0.4 is 10.1 Å². The van der Waals surface area contributed by atoms with E-state index in [2.05, 4.69) is 17.4 Å². The number of rotatable bonds is 4. The molecule has 2 nitrogen and oxygen atoms in total. The van der Waals surface area contributed by atoms with Crippen molar-refractivity contribution in [1.82, 2.24) is 0 Å². The fraction of sp³-hybridized carbons (Fsp3) is 0.143. The van der Waals surface area contributed by atoms with E-state index in [1.54, 1.807) is 0 Å². The molecule has 2 rings (SSSR count). The van der Waals surface area contributed by atoms with Crippen molar-refractivity contribution in [2.24, 2.45) is 0 Å². The van der Waals surface area contributed by atoms with Gasteiger partial charge in [-0.1, -0.05) is 30.3 Å². The van der Waals surface area contributed by atoms with Gasteiger partial charge < -0.3 is 10.1 Å². The second kappa shape index (κ2) is 5.21. The Morgan fingerprint density at radius 2 is 1.62 bits per heavy atom. The molecule has 0 heterocycles. The van der Waals surface area contributed by atoms with Gasteiger partial charge in [0.1, 0.15) is 12.4 Å². The number of nitrogens with one attached hydrogen (secondary N) is 1. The van der Waals surface area contributed by atoms with Gasteiger partial charge in [0, 0.05) is 12.7 Å². The molecule has 2 aromatic carbocycles. The lowest BCUT2D eigenvalue weighted by Crippen LogP contribution is -1.95. The fourth-order valence-corrected chi connectivity index (χ4v) is 1.46. The van der Waals surface area contributed by atoms with Gasteiger partial charge in [0.2, 0.25) is 0 Å². The van der Waals surface area contributed by atoms with Crippen molar-refractivity contribution in [3.63, 3.8) is 0 Å². The maximum absolute atomic E-state index is 5.66. The van der Waals surface area contributed by atoms with Crippen LogP contribution in [0.5, 0.6) is 5.75 Å². The summed E-state index contributed by atoms with van der Waals surface area (Å²) in [5, 5.41) is 3.07. The first kappa shape index (κ1) is 10.6. The topological polar surface area (TPSA) is 21.3 Å². The molecule has 0 saturated carbocycles. The molecule has 2 aromatic rings. The Balaban J connectivity index is 1.94. The zero-order chi connectivity index (χ0) is 11.2. The molecule has 0 aliphatic heterocycles. The van der Waals surface area contributed by atoms with Crippen molar-refractivity contribution in [2.45, 2.75) is 6.61 Å². The van der Waals surface area contributed by atoms with E-state index in [1.165, 1.54) is 5.56 Å². The summed E-state index contributed by atoms with van der Waals surface area (Å²) in [5.41, 5.74) is 2.27. The minimum atomic E-state index is 0.611. The van der Waals surface area contributed by atoms with Crippen LogP contribution in [0.25, 0.3) is 0 Å². The van der Waals surface area contributed by atoms with E-state index in [-0.39, 0.29) is 0 Å². The number of ether oxygens (including phenoxy) is 1. The highest BCUT2D eigenvalue weighted by molar-refractivity contribution is 5.45. The van der Waals surface area contributed by atoms with Crippen LogP contribution in [-0.4, -0.2) is 7.05 Å². The van der Waals surface area contributed by atoms with E-state index >= 15 is 0 Å². The lowest BCUT2D eigenvalue weighted by molar-refractivity contribution is 0.306. The van der Waals surface area contributed by atoms with Crippen LogP contribution in [0.2, 0.25) is 0 Å². The molecule has 82 valence electrons. The highest BCUT2D eigenvalue weighted by Gasteiger charge is 1.95. The van der Waals surface area contributed by atoms with E-state index in [1.807, 2.05) is 49.5 Å². The number of hydrogen-bond acceptors (Lipinski definition) is 2. The number of anilines is 1. The third-order valence-electron chi connectivity index (χ3n) is 2.39. The van der Waals surface area contributed by atoms with E-state index in [0.717, 1.165) is 11.4 Å². The van der Waals surface area contributed by atoms with Gasteiger partial charge in [-0.2, -0.15) is 0 Å². The maximum atomic E-state index is 5.66. The van der Waals surface area contributed by atoms with Crippen LogP contribution in [-0.2, 0) is 6.61 Å². The summed E-state index contributed by atoms with van der Waals surface area (Å²) < 4.78 is 5.66. The molecule has 0 spiro atoms. The normalized spacial score (nSPS) is 9.81. The predicted molar refractivity (Wildman–Crippen MR) is 66.8 cm³/mol. The Hall–Kier alpha value is -1.96. The van der Waals surface area contributed by atoms with Crippen molar-refractivity contribution < 1.29 is 4.74 Å². The third-order valence-corrected chi connectivity index (χ3v) is 2.39. The molecule has 0 aromatic heterocycles. The van der Waals surface area contributed by atoms with E-state index < -0.39 is 0 Å². The summed E-state index contributed by atoms with van der Waals surface area (Å²) in [6, 6.07) is 18.1. The first-order chi connectivity index (χ1) is 7.88. The Labute approximate surface area is 95.9 Å². The summed E-state index contributed by atoms with van der Waals surface area (Å²) in [6.07, 6.45) is 0. The van der Waals surface area contributed by atoms with Gasteiger partial charge in [0.05, 0.1) is 0 Å². The van der Waals surface area contributed by atoms with E-state index in [9.17, 15) is 0 Å². The molecule has 0 fully saturated rings. The zero-order valence-corrected chi connectivity index (χ0v) is 9.31. The molecule has 0 saturated heterocycles. The Morgan fingerprint density at radius 1 is 0.938 bits per heavy atom. The van der Waals surface area contributed by atoms with Crippen molar-refractivity contribution in [1.29, 1.82) is 0 Å². The smallest absolute Gasteiger partial charge is 0.119 e. The largest absolute Gasteiger partial charge is 0.489 e. The summed E-state index contributed by atoms with van der Waals surface area (Å²) in [4.78, 5) is 0. The number of benzene rings is 2. The third kappa shape index (κ3) is 2.76. The van der Waals surface area contributed by atoms with Gasteiger partial charge in [-0.05, 0) is 29.8 Å². The van der Waals surface area contributed by atoms with Crippen LogP contribution in [0.1, 0.15) is 5.56 Å².